The number of nitrogens with zero attached hydrogens (tertiary/aromatic N) is 1. The summed E-state index contributed by atoms with van der Waals surface area (Å²) in [7, 11) is 0. The van der Waals surface area contributed by atoms with Gasteiger partial charge in [0.05, 0.1) is 0 Å². The summed E-state index contributed by atoms with van der Waals surface area (Å²) in [4.78, 5) is 14.3. The first-order valence-electron chi connectivity index (χ1n) is 4.13. The summed E-state index contributed by atoms with van der Waals surface area (Å²) < 4.78 is 0. The molecule has 2 N–H and O–H groups in total. The molecule has 0 aromatic carbocycles. The van der Waals surface area contributed by atoms with Crippen molar-refractivity contribution < 1.29 is 9.90 Å². The Bertz CT molecular complexity index is 299. The van der Waals surface area contributed by atoms with Crippen LogP contribution >= 0.6 is 0 Å². The van der Waals surface area contributed by atoms with E-state index in [0.29, 0.717) is 6.54 Å². The number of carboxylic acids is 1. The van der Waals surface area contributed by atoms with Crippen LogP contribution in [0.1, 0.15) is 23.0 Å². The molecule has 13 heavy (non-hydrogen) atoms. The lowest BCUT2D eigenvalue weighted by molar-refractivity contribution is 0.0690. The largest absolute Gasteiger partial charge is 0.477 e. The van der Waals surface area contributed by atoms with E-state index < -0.39 is 5.97 Å². The van der Waals surface area contributed by atoms with E-state index in [1.54, 1.807) is 12.1 Å². The molecule has 1 heterocycles. The van der Waals surface area contributed by atoms with Gasteiger partial charge in [-0.1, -0.05) is 6.92 Å². The molecule has 0 saturated heterocycles. The normalized spacial score (nSPS) is 9.92. The molecule has 0 aliphatic rings. The number of nitrogens with one attached hydrogen (secondary N) is 1. The molecule has 1 aromatic heterocycles. The summed E-state index contributed by atoms with van der Waals surface area (Å²) in [6.45, 7) is 3.54. The van der Waals surface area contributed by atoms with Gasteiger partial charge in [0.15, 0.2) is 0 Å². The fraction of sp³-hybridized carbons (Fsp3) is 0.333. The predicted octanol–water partition coefficient (Wildman–Crippen LogP) is 0.889. The third-order valence-electron chi connectivity index (χ3n) is 1.62. The quantitative estimate of drug-likeness (QED) is 0.722. The van der Waals surface area contributed by atoms with E-state index in [1.165, 1.54) is 6.20 Å². The second-order valence-corrected chi connectivity index (χ2v) is 2.63. The third-order valence-corrected chi connectivity index (χ3v) is 1.62. The van der Waals surface area contributed by atoms with Crippen molar-refractivity contribution >= 4 is 5.97 Å². The third kappa shape index (κ3) is 2.83. The first-order chi connectivity index (χ1) is 6.24. The molecule has 0 atom stereocenters. The van der Waals surface area contributed by atoms with E-state index in [-0.39, 0.29) is 5.69 Å². The Hall–Kier alpha value is -1.42. The predicted molar refractivity (Wildman–Crippen MR) is 48.6 cm³/mol. The summed E-state index contributed by atoms with van der Waals surface area (Å²) in [5.74, 6) is -0.988. The molecule has 0 aliphatic carbocycles. The summed E-state index contributed by atoms with van der Waals surface area (Å²) in [6, 6.07) is 3.38. The van der Waals surface area contributed by atoms with Crippen molar-refractivity contribution in [3.63, 3.8) is 0 Å². The van der Waals surface area contributed by atoms with Crippen molar-refractivity contribution in [2.24, 2.45) is 0 Å². The number of pyridine rings is 1. The SMILES string of the molecule is CCNCc1ccnc(C(=O)O)c1. The second kappa shape index (κ2) is 4.57. The number of rotatable bonds is 4. The van der Waals surface area contributed by atoms with Gasteiger partial charge >= 0.3 is 5.97 Å². The molecule has 0 saturated carbocycles. The Kier molecular flexibility index (Phi) is 3.40. The maximum atomic E-state index is 10.5. The lowest BCUT2D eigenvalue weighted by Crippen LogP contribution is -2.12. The first kappa shape index (κ1) is 9.67. The van der Waals surface area contributed by atoms with E-state index in [4.69, 9.17) is 5.11 Å². The molecule has 1 aromatic rings. The van der Waals surface area contributed by atoms with Crippen LogP contribution in [0.15, 0.2) is 18.3 Å². The average molecular weight is 180 g/mol. The molecular weight excluding hydrogens is 168 g/mol. The molecule has 0 amide bonds. The van der Waals surface area contributed by atoms with Crippen molar-refractivity contribution in [3.8, 4) is 0 Å². The van der Waals surface area contributed by atoms with Crippen LogP contribution in [-0.2, 0) is 6.54 Å². The van der Waals surface area contributed by atoms with Gasteiger partial charge in [-0.15, -0.1) is 0 Å². The van der Waals surface area contributed by atoms with Crippen LogP contribution in [0.3, 0.4) is 0 Å². The minimum absolute atomic E-state index is 0.0930. The number of carboxylic acid groups (broad SMARTS) is 1. The van der Waals surface area contributed by atoms with Gasteiger partial charge in [-0.3, -0.25) is 0 Å². The first-order valence-corrected chi connectivity index (χ1v) is 4.13. The zero-order valence-electron chi connectivity index (χ0n) is 7.45. The minimum atomic E-state index is -0.988. The molecular formula is C9H12N2O2. The average Bonchev–Trinajstić information content (AvgIpc) is 2.15. The highest BCUT2D eigenvalue weighted by Gasteiger charge is 2.03. The minimum Gasteiger partial charge on any atom is -0.477 e. The van der Waals surface area contributed by atoms with Gasteiger partial charge in [0.25, 0.3) is 0 Å². The highest BCUT2D eigenvalue weighted by atomic mass is 16.4. The van der Waals surface area contributed by atoms with Gasteiger partial charge < -0.3 is 10.4 Å². The molecule has 4 nitrogen and oxygen atoms in total. The van der Waals surface area contributed by atoms with Crippen LogP contribution in [0.2, 0.25) is 0 Å². The Labute approximate surface area is 76.6 Å². The van der Waals surface area contributed by atoms with Gasteiger partial charge in [0.1, 0.15) is 5.69 Å². The maximum absolute atomic E-state index is 10.5. The Morgan fingerprint density at radius 3 is 3.08 bits per heavy atom. The maximum Gasteiger partial charge on any atom is 0.354 e. The Balaban J connectivity index is 2.73. The van der Waals surface area contributed by atoms with Gasteiger partial charge in [0, 0.05) is 12.7 Å². The number of aromatic carboxylic acids is 1. The summed E-state index contributed by atoms with van der Waals surface area (Å²) >= 11 is 0. The number of hydrogen-bond acceptors (Lipinski definition) is 3. The molecule has 70 valence electrons. The second-order valence-electron chi connectivity index (χ2n) is 2.63. The Morgan fingerprint density at radius 2 is 2.46 bits per heavy atom. The molecule has 0 fully saturated rings. The molecule has 0 aliphatic heterocycles. The van der Waals surface area contributed by atoms with Gasteiger partial charge in [0.2, 0.25) is 0 Å². The molecule has 0 bridgehead atoms. The molecule has 4 heteroatoms. The fourth-order valence-electron chi connectivity index (χ4n) is 0.971. The van der Waals surface area contributed by atoms with Crippen molar-refractivity contribution in [2.75, 3.05) is 6.54 Å². The van der Waals surface area contributed by atoms with Gasteiger partial charge in [-0.05, 0) is 24.2 Å². The van der Waals surface area contributed by atoms with Crippen molar-refractivity contribution in [1.82, 2.24) is 10.3 Å². The smallest absolute Gasteiger partial charge is 0.354 e. The highest BCUT2D eigenvalue weighted by Crippen LogP contribution is 2.01. The van der Waals surface area contributed by atoms with Gasteiger partial charge in [-0.25, -0.2) is 9.78 Å². The van der Waals surface area contributed by atoms with E-state index in [2.05, 4.69) is 10.3 Å². The van der Waals surface area contributed by atoms with Crippen molar-refractivity contribution in [2.45, 2.75) is 13.5 Å². The van der Waals surface area contributed by atoms with Crippen molar-refractivity contribution in [1.29, 1.82) is 0 Å². The van der Waals surface area contributed by atoms with E-state index in [9.17, 15) is 4.79 Å². The highest BCUT2D eigenvalue weighted by molar-refractivity contribution is 5.85. The van der Waals surface area contributed by atoms with E-state index in [1.807, 2.05) is 6.92 Å². The van der Waals surface area contributed by atoms with E-state index in [0.717, 1.165) is 12.1 Å². The van der Waals surface area contributed by atoms with Crippen molar-refractivity contribution in [3.05, 3.63) is 29.6 Å². The zero-order valence-corrected chi connectivity index (χ0v) is 7.45. The summed E-state index contributed by atoms with van der Waals surface area (Å²) in [5.41, 5.74) is 1.03. The zero-order chi connectivity index (χ0) is 9.68. The fourth-order valence-corrected chi connectivity index (χ4v) is 0.971. The lowest BCUT2D eigenvalue weighted by Gasteiger charge is -2.01. The van der Waals surface area contributed by atoms with Gasteiger partial charge in [-0.2, -0.15) is 0 Å². The van der Waals surface area contributed by atoms with Crippen LogP contribution in [0.4, 0.5) is 0 Å². The van der Waals surface area contributed by atoms with E-state index >= 15 is 0 Å². The lowest BCUT2D eigenvalue weighted by atomic mass is 10.2. The topological polar surface area (TPSA) is 62.2 Å². The van der Waals surface area contributed by atoms with Crippen LogP contribution in [0.5, 0.6) is 0 Å². The number of carbonyl (C=O) groups is 1. The van der Waals surface area contributed by atoms with Crippen LogP contribution < -0.4 is 5.32 Å². The number of hydrogen-bond donors (Lipinski definition) is 2. The molecule has 0 spiro atoms. The summed E-state index contributed by atoms with van der Waals surface area (Å²) in [5, 5.41) is 11.8. The standard InChI is InChI=1S/C9H12N2O2/c1-2-10-6-7-3-4-11-8(5-7)9(12)13/h3-5,10H,2,6H2,1H3,(H,12,13). The summed E-state index contributed by atoms with van der Waals surface area (Å²) in [6.07, 6.45) is 1.51. The molecule has 0 radical (unpaired) electrons. The Morgan fingerprint density at radius 1 is 1.69 bits per heavy atom. The molecule has 0 unspecified atom stereocenters. The number of aromatic nitrogens is 1. The monoisotopic (exact) mass is 180 g/mol. The van der Waals surface area contributed by atoms with Crippen LogP contribution in [-0.4, -0.2) is 22.6 Å². The van der Waals surface area contributed by atoms with Crippen LogP contribution in [0, 0.1) is 0 Å². The van der Waals surface area contributed by atoms with Crippen LogP contribution in [0.25, 0.3) is 0 Å². The molecule has 1 rings (SSSR count).